The number of hydrogen-bond acceptors (Lipinski definition) is 5. The molecular formula is C33H37ClN2O3S. The number of ether oxygens (including phenoxy) is 1. The number of nitrogens with zero attached hydrogens (tertiary/aromatic N) is 1. The molecule has 0 unspecified atom stereocenters. The van der Waals surface area contributed by atoms with Gasteiger partial charge in [0.15, 0.2) is 5.78 Å². The highest BCUT2D eigenvalue weighted by molar-refractivity contribution is 7.21. The molecule has 40 heavy (non-hydrogen) atoms. The van der Waals surface area contributed by atoms with Crippen LogP contribution < -0.4 is 10.5 Å². The van der Waals surface area contributed by atoms with Gasteiger partial charge < -0.3 is 15.4 Å². The summed E-state index contributed by atoms with van der Waals surface area (Å²) >= 11 is 8.24. The fourth-order valence-electron chi connectivity index (χ4n) is 5.30. The van der Waals surface area contributed by atoms with Gasteiger partial charge in [-0.3, -0.25) is 9.59 Å². The van der Waals surface area contributed by atoms with E-state index >= 15 is 0 Å². The first-order valence-corrected chi connectivity index (χ1v) is 15.1. The van der Waals surface area contributed by atoms with E-state index < -0.39 is 0 Å². The maximum Gasteiger partial charge on any atom is 0.266 e. The molecule has 5 nitrogen and oxygen atoms in total. The quantitative estimate of drug-likeness (QED) is 0.214. The van der Waals surface area contributed by atoms with Crippen molar-refractivity contribution in [2.24, 2.45) is 5.73 Å². The third kappa shape index (κ3) is 6.57. The summed E-state index contributed by atoms with van der Waals surface area (Å²) in [5, 5.41) is 1.47. The summed E-state index contributed by atoms with van der Waals surface area (Å²) in [6.07, 6.45) is 5.43. The van der Waals surface area contributed by atoms with Crippen molar-refractivity contribution in [3.05, 3.63) is 87.8 Å². The van der Waals surface area contributed by atoms with Crippen molar-refractivity contribution in [2.75, 3.05) is 13.7 Å². The highest BCUT2D eigenvalue weighted by Gasteiger charge is 2.30. The van der Waals surface area contributed by atoms with Crippen LogP contribution in [0.2, 0.25) is 5.02 Å². The molecule has 0 aliphatic heterocycles. The van der Waals surface area contributed by atoms with Gasteiger partial charge in [0.1, 0.15) is 10.6 Å². The molecule has 0 atom stereocenters. The van der Waals surface area contributed by atoms with Gasteiger partial charge in [-0.2, -0.15) is 0 Å². The van der Waals surface area contributed by atoms with Crippen LogP contribution in [0.3, 0.4) is 0 Å². The fraction of sp³-hybridized carbons (Fsp3) is 0.333. The Kier molecular flexibility index (Phi) is 10.4. The van der Waals surface area contributed by atoms with Crippen LogP contribution in [0.5, 0.6) is 5.75 Å². The molecule has 0 spiro atoms. The summed E-state index contributed by atoms with van der Waals surface area (Å²) in [7, 11) is 1.50. The van der Waals surface area contributed by atoms with Crippen LogP contribution >= 0.6 is 22.9 Å². The Balaban J connectivity index is 0.00000181. The van der Waals surface area contributed by atoms with E-state index in [1.807, 2.05) is 72.5 Å². The number of Topliss-reactive ketones (excluding diaryl/α,β-unsaturated/α-hetero) is 1. The minimum absolute atomic E-state index is 0.0123. The second-order valence-electron chi connectivity index (χ2n) is 9.86. The van der Waals surface area contributed by atoms with Gasteiger partial charge in [0.25, 0.3) is 5.91 Å². The maximum atomic E-state index is 14.1. The number of hydrogen-bond donors (Lipinski definition) is 1. The number of fused-ring (bicyclic) bond motifs is 1. The number of halogens is 1. The Hall–Kier alpha value is -3.19. The van der Waals surface area contributed by atoms with Crippen molar-refractivity contribution in [3.63, 3.8) is 0 Å². The molecule has 0 bridgehead atoms. The molecule has 1 amide bonds. The van der Waals surface area contributed by atoms with Crippen LogP contribution in [0, 0.1) is 0 Å². The Morgan fingerprint density at radius 1 is 0.975 bits per heavy atom. The zero-order valence-electron chi connectivity index (χ0n) is 23.4. The van der Waals surface area contributed by atoms with E-state index in [1.165, 1.54) is 24.8 Å². The van der Waals surface area contributed by atoms with Crippen LogP contribution in [0.15, 0.2) is 66.7 Å². The average molecular weight is 577 g/mol. The minimum Gasteiger partial charge on any atom is -0.494 e. The molecule has 1 aromatic heterocycles. The minimum atomic E-state index is -0.0123. The smallest absolute Gasteiger partial charge is 0.266 e. The number of ketones is 1. The normalized spacial score (nSPS) is 13.4. The van der Waals surface area contributed by atoms with Crippen molar-refractivity contribution in [1.82, 2.24) is 4.90 Å². The van der Waals surface area contributed by atoms with Gasteiger partial charge in [-0.25, -0.2) is 0 Å². The molecule has 1 aliphatic carbocycles. The molecule has 1 aliphatic rings. The number of rotatable bonds is 8. The van der Waals surface area contributed by atoms with Crippen LogP contribution in [-0.4, -0.2) is 36.3 Å². The van der Waals surface area contributed by atoms with Crippen LogP contribution in [0.4, 0.5) is 0 Å². The molecule has 5 rings (SSSR count). The van der Waals surface area contributed by atoms with Gasteiger partial charge in [0.05, 0.1) is 11.6 Å². The predicted octanol–water partition coefficient (Wildman–Crippen LogP) is 8.37. The largest absolute Gasteiger partial charge is 0.494 e. The van der Waals surface area contributed by atoms with Gasteiger partial charge in [-0.05, 0) is 63.1 Å². The summed E-state index contributed by atoms with van der Waals surface area (Å²) in [6, 6.07) is 21.9. The van der Waals surface area contributed by atoms with E-state index in [0.717, 1.165) is 58.2 Å². The van der Waals surface area contributed by atoms with Gasteiger partial charge in [0.2, 0.25) is 0 Å². The second kappa shape index (κ2) is 13.9. The van der Waals surface area contributed by atoms with E-state index in [-0.39, 0.29) is 17.7 Å². The number of thiophene rings is 1. The SMILES string of the molecule is CCOc1ccc(-c2ccc(C(C)=O)cc2)cc1CN(C(=O)c1sc2ccccc2c1Cl)C1CCCCC1.CN. The summed E-state index contributed by atoms with van der Waals surface area (Å²) in [5.41, 5.74) is 8.20. The lowest BCUT2D eigenvalue weighted by Crippen LogP contribution is -2.40. The van der Waals surface area contributed by atoms with E-state index in [2.05, 4.69) is 11.8 Å². The van der Waals surface area contributed by atoms with Crippen molar-refractivity contribution in [3.8, 4) is 16.9 Å². The summed E-state index contributed by atoms with van der Waals surface area (Å²) in [5.74, 6) is 0.819. The van der Waals surface area contributed by atoms with E-state index in [0.29, 0.717) is 28.6 Å². The first-order chi connectivity index (χ1) is 19.5. The third-order valence-corrected chi connectivity index (χ3v) is 8.99. The highest BCUT2D eigenvalue weighted by Crippen LogP contribution is 2.38. The standard InChI is InChI=1S/C32H32ClNO3S.CH5N/c1-3-37-28-18-17-24(23-15-13-22(14-16-23)21(2)35)19-25(28)20-34(26-9-5-4-6-10-26)32(36)31-30(33)27-11-7-8-12-29(27)38-31;1-2/h7-8,11-19,26H,3-6,9-10,20H2,1-2H3;2H2,1H3. The number of nitrogens with two attached hydrogens (primary N) is 1. The highest BCUT2D eigenvalue weighted by atomic mass is 35.5. The molecule has 0 saturated heterocycles. The zero-order valence-corrected chi connectivity index (χ0v) is 25.0. The first kappa shape index (κ1) is 29.8. The molecule has 1 saturated carbocycles. The molecule has 210 valence electrons. The number of amides is 1. The fourth-order valence-corrected chi connectivity index (χ4v) is 6.77. The average Bonchev–Trinajstić information content (AvgIpc) is 3.34. The molecule has 7 heteroatoms. The van der Waals surface area contributed by atoms with Gasteiger partial charge in [0, 0.05) is 33.8 Å². The van der Waals surface area contributed by atoms with Crippen molar-refractivity contribution in [2.45, 2.75) is 58.5 Å². The predicted molar refractivity (Wildman–Crippen MR) is 167 cm³/mol. The second-order valence-corrected chi connectivity index (χ2v) is 11.3. The van der Waals surface area contributed by atoms with Crippen LogP contribution in [0.1, 0.15) is 71.5 Å². The number of carbonyl (C=O) groups is 2. The monoisotopic (exact) mass is 576 g/mol. The molecule has 1 heterocycles. The molecule has 3 aromatic carbocycles. The lowest BCUT2D eigenvalue weighted by molar-refractivity contribution is 0.0617. The van der Waals surface area contributed by atoms with Gasteiger partial charge >= 0.3 is 0 Å². The molecular weight excluding hydrogens is 540 g/mol. The van der Waals surface area contributed by atoms with E-state index in [1.54, 1.807) is 6.92 Å². The Labute approximate surface area is 245 Å². The maximum absolute atomic E-state index is 14.1. The molecule has 1 fully saturated rings. The molecule has 4 aromatic rings. The Morgan fingerprint density at radius 2 is 1.65 bits per heavy atom. The zero-order chi connectivity index (χ0) is 28.6. The molecule has 2 N–H and O–H groups in total. The lowest BCUT2D eigenvalue weighted by atomic mass is 9.93. The Morgan fingerprint density at radius 3 is 2.30 bits per heavy atom. The first-order valence-electron chi connectivity index (χ1n) is 13.9. The number of benzene rings is 3. The van der Waals surface area contributed by atoms with Crippen LogP contribution in [-0.2, 0) is 6.54 Å². The Bertz CT molecular complexity index is 1460. The molecule has 0 radical (unpaired) electrons. The van der Waals surface area contributed by atoms with Crippen LogP contribution in [0.25, 0.3) is 21.2 Å². The van der Waals surface area contributed by atoms with Crippen molar-refractivity contribution >= 4 is 44.7 Å². The summed E-state index contributed by atoms with van der Waals surface area (Å²) in [4.78, 5) is 28.5. The van der Waals surface area contributed by atoms with E-state index in [9.17, 15) is 9.59 Å². The van der Waals surface area contributed by atoms with E-state index in [4.69, 9.17) is 16.3 Å². The lowest BCUT2D eigenvalue weighted by Gasteiger charge is -2.35. The summed E-state index contributed by atoms with van der Waals surface area (Å²) in [6.45, 7) is 4.53. The third-order valence-electron chi connectivity index (χ3n) is 7.33. The van der Waals surface area contributed by atoms with Crippen molar-refractivity contribution in [1.29, 1.82) is 0 Å². The number of carbonyl (C=O) groups excluding carboxylic acids is 2. The van der Waals surface area contributed by atoms with Gasteiger partial charge in [-0.1, -0.05) is 79.4 Å². The van der Waals surface area contributed by atoms with Crippen molar-refractivity contribution < 1.29 is 14.3 Å². The summed E-state index contributed by atoms with van der Waals surface area (Å²) < 4.78 is 7.04. The van der Waals surface area contributed by atoms with Gasteiger partial charge in [-0.15, -0.1) is 11.3 Å². The topological polar surface area (TPSA) is 72.6 Å².